The Kier molecular flexibility index (Phi) is 4.73. The first-order valence-electron chi connectivity index (χ1n) is 6.66. The van der Waals surface area contributed by atoms with Crippen molar-refractivity contribution in [1.82, 2.24) is 10.6 Å². The lowest BCUT2D eigenvalue weighted by atomic mass is 10.0. The third-order valence-electron chi connectivity index (χ3n) is 3.28. The molecule has 0 aliphatic heterocycles. The fraction of sp³-hybridized carbons (Fsp3) is 0.375. The van der Waals surface area contributed by atoms with E-state index in [-0.39, 0.29) is 0 Å². The summed E-state index contributed by atoms with van der Waals surface area (Å²) in [6, 6.07) is 15.7. The molecule has 2 nitrogen and oxygen atoms in total. The quantitative estimate of drug-likeness (QED) is 0.813. The van der Waals surface area contributed by atoms with Crippen LogP contribution in [0.2, 0.25) is 0 Å². The third kappa shape index (κ3) is 3.31. The summed E-state index contributed by atoms with van der Waals surface area (Å²) in [4.78, 5) is 0. The van der Waals surface area contributed by atoms with Crippen LogP contribution in [0.1, 0.15) is 12.5 Å². The van der Waals surface area contributed by atoms with Crippen LogP contribution in [0.25, 0.3) is 10.8 Å². The van der Waals surface area contributed by atoms with E-state index in [0.717, 1.165) is 19.5 Å². The molecule has 0 aliphatic carbocycles. The summed E-state index contributed by atoms with van der Waals surface area (Å²) in [7, 11) is 1.99. The summed E-state index contributed by atoms with van der Waals surface area (Å²) in [5.74, 6) is 0. The fourth-order valence-electron chi connectivity index (χ4n) is 2.34. The van der Waals surface area contributed by atoms with Gasteiger partial charge in [0.15, 0.2) is 0 Å². The van der Waals surface area contributed by atoms with Crippen molar-refractivity contribution >= 4 is 10.8 Å². The maximum Gasteiger partial charge on any atom is 0.0164 e. The highest BCUT2D eigenvalue weighted by atomic mass is 15.0. The van der Waals surface area contributed by atoms with E-state index in [1.807, 2.05) is 7.05 Å². The van der Waals surface area contributed by atoms with E-state index < -0.39 is 0 Å². The van der Waals surface area contributed by atoms with Crippen LogP contribution in [0.3, 0.4) is 0 Å². The largest absolute Gasteiger partial charge is 0.318 e. The van der Waals surface area contributed by atoms with Crippen LogP contribution in [0.4, 0.5) is 0 Å². The standard InChI is InChI=1S/C16H22N2/c1-13(12-17-2)18-11-10-15-8-5-7-14-6-3-4-9-16(14)15/h3-9,13,17-18H,10-12H2,1-2H3. The van der Waals surface area contributed by atoms with Crippen molar-refractivity contribution in [3.8, 4) is 0 Å². The van der Waals surface area contributed by atoms with Gasteiger partial charge in [0, 0.05) is 12.6 Å². The molecule has 0 bridgehead atoms. The summed E-state index contributed by atoms with van der Waals surface area (Å²) in [6.45, 7) is 4.24. The first-order valence-corrected chi connectivity index (χ1v) is 6.66. The van der Waals surface area contributed by atoms with E-state index in [0.29, 0.717) is 6.04 Å². The molecule has 2 aromatic rings. The molecule has 18 heavy (non-hydrogen) atoms. The molecule has 0 heterocycles. The minimum atomic E-state index is 0.518. The summed E-state index contributed by atoms with van der Waals surface area (Å²) >= 11 is 0. The number of likely N-dealkylation sites (N-methyl/N-ethyl adjacent to an activating group) is 1. The monoisotopic (exact) mass is 242 g/mol. The molecular formula is C16H22N2. The molecule has 2 heteroatoms. The number of rotatable bonds is 6. The highest BCUT2D eigenvalue weighted by Crippen LogP contribution is 2.18. The van der Waals surface area contributed by atoms with Gasteiger partial charge in [-0.05, 0) is 43.3 Å². The first kappa shape index (κ1) is 13.1. The topological polar surface area (TPSA) is 24.1 Å². The summed E-state index contributed by atoms with van der Waals surface area (Å²) in [6.07, 6.45) is 1.08. The van der Waals surface area contributed by atoms with E-state index in [9.17, 15) is 0 Å². The molecule has 1 unspecified atom stereocenters. The van der Waals surface area contributed by atoms with Crippen molar-refractivity contribution in [3.05, 3.63) is 48.0 Å². The maximum atomic E-state index is 3.53. The van der Waals surface area contributed by atoms with Gasteiger partial charge in [-0.3, -0.25) is 0 Å². The predicted molar refractivity (Wildman–Crippen MR) is 79.0 cm³/mol. The smallest absolute Gasteiger partial charge is 0.0164 e. The molecule has 0 saturated carbocycles. The number of hydrogen-bond acceptors (Lipinski definition) is 2. The van der Waals surface area contributed by atoms with Crippen LogP contribution >= 0.6 is 0 Å². The van der Waals surface area contributed by atoms with E-state index in [2.05, 4.69) is 60.0 Å². The molecule has 2 aromatic carbocycles. The van der Waals surface area contributed by atoms with Gasteiger partial charge in [0.25, 0.3) is 0 Å². The van der Waals surface area contributed by atoms with Crippen LogP contribution in [-0.4, -0.2) is 26.2 Å². The normalized spacial score (nSPS) is 12.8. The van der Waals surface area contributed by atoms with Crippen molar-refractivity contribution in [1.29, 1.82) is 0 Å². The van der Waals surface area contributed by atoms with Crippen LogP contribution in [0.15, 0.2) is 42.5 Å². The molecule has 0 fully saturated rings. The minimum absolute atomic E-state index is 0.518. The third-order valence-corrected chi connectivity index (χ3v) is 3.28. The van der Waals surface area contributed by atoms with Crippen molar-refractivity contribution in [2.24, 2.45) is 0 Å². The van der Waals surface area contributed by atoms with Gasteiger partial charge in [-0.25, -0.2) is 0 Å². The van der Waals surface area contributed by atoms with Crippen LogP contribution < -0.4 is 10.6 Å². The SMILES string of the molecule is CNCC(C)NCCc1cccc2ccccc12. The summed E-state index contributed by atoms with van der Waals surface area (Å²) in [5, 5.41) is 9.43. The Labute approximate surface area is 109 Å². The zero-order valence-electron chi connectivity index (χ0n) is 11.2. The highest BCUT2D eigenvalue weighted by molar-refractivity contribution is 5.85. The lowest BCUT2D eigenvalue weighted by Crippen LogP contribution is -2.35. The lowest BCUT2D eigenvalue weighted by Gasteiger charge is -2.13. The van der Waals surface area contributed by atoms with Crippen LogP contribution in [0.5, 0.6) is 0 Å². The van der Waals surface area contributed by atoms with E-state index >= 15 is 0 Å². The zero-order valence-corrected chi connectivity index (χ0v) is 11.2. The van der Waals surface area contributed by atoms with Gasteiger partial charge in [0.2, 0.25) is 0 Å². The predicted octanol–water partition coefficient (Wildman–Crippen LogP) is 2.58. The van der Waals surface area contributed by atoms with Crippen molar-refractivity contribution < 1.29 is 0 Å². The molecule has 0 spiro atoms. The highest BCUT2D eigenvalue weighted by Gasteiger charge is 2.02. The Hall–Kier alpha value is -1.38. The average molecular weight is 242 g/mol. The van der Waals surface area contributed by atoms with Crippen LogP contribution in [-0.2, 0) is 6.42 Å². The van der Waals surface area contributed by atoms with Crippen molar-refractivity contribution in [3.63, 3.8) is 0 Å². The van der Waals surface area contributed by atoms with Gasteiger partial charge >= 0.3 is 0 Å². The zero-order chi connectivity index (χ0) is 12.8. The second-order valence-corrected chi connectivity index (χ2v) is 4.80. The van der Waals surface area contributed by atoms with Gasteiger partial charge in [-0.15, -0.1) is 0 Å². The minimum Gasteiger partial charge on any atom is -0.318 e. The van der Waals surface area contributed by atoms with Gasteiger partial charge in [0.05, 0.1) is 0 Å². The molecule has 2 rings (SSSR count). The first-order chi connectivity index (χ1) is 8.81. The lowest BCUT2D eigenvalue weighted by molar-refractivity contribution is 0.527. The van der Waals surface area contributed by atoms with Gasteiger partial charge in [-0.2, -0.15) is 0 Å². The van der Waals surface area contributed by atoms with Crippen LogP contribution in [0, 0.1) is 0 Å². The van der Waals surface area contributed by atoms with Gasteiger partial charge in [-0.1, -0.05) is 42.5 Å². The Morgan fingerprint density at radius 1 is 1.06 bits per heavy atom. The second-order valence-electron chi connectivity index (χ2n) is 4.80. The van der Waals surface area contributed by atoms with Gasteiger partial charge in [0.1, 0.15) is 0 Å². The summed E-state index contributed by atoms with van der Waals surface area (Å²) < 4.78 is 0. The van der Waals surface area contributed by atoms with E-state index in [1.165, 1.54) is 16.3 Å². The molecule has 1 atom stereocenters. The number of hydrogen-bond donors (Lipinski definition) is 2. The van der Waals surface area contributed by atoms with Crippen molar-refractivity contribution in [2.45, 2.75) is 19.4 Å². The molecular weight excluding hydrogens is 220 g/mol. The average Bonchev–Trinajstić information content (AvgIpc) is 2.39. The molecule has 0 saturated heterocycles. The molecule has 96 valence electrons. The number of benzene rings is 2. The molecule has 0 aliphatic rings. The maximum absolute atomic E-state index is 3.53. The summed E-state index contributed by atoms with van der Waals surface area (Å²) in [5.41, 5.74) is 1.43. The molecule has 0 amide bonds. The van der Waals surface area contributed by atoms with Crippen molar-refractivity contribution in [2.75, 3.05) is 20.1 Å². The van der Waals surface area contributed by atoms with E-state index in [4.69, 9.17) is 0 Å². The number of nitrogens with one attached hydrogen (secondary N) is 2. The Morgan fingerprint density at radius 3 is 2.67 bits per heavy atom. The fourth-order valence-corrected chi connectivity index (χ4v) is 2.34. The Morgan fingerprint density at radius 2 is 1.83 bits per heavy atom. The Bertz CT molecular complexity index is 488. The molecule has 0 aromatic heterocycles. The number of fused-ring (bicyclic) bond motifs is 1. The molecule has 0 radical (unpaired) electrons. The van der Waals surface area contributed by atoms with Gasteiger partial charge < -0.3 is 10.6 Å². The molecule has 2 N–H and O–H groups in total. The van der Waals surface area contributed by atoms with E-state index in [1.54, 1.807) is 0 Å². The second kappa shape index (κ2) is 6.53. The Balaban J connectivity index is 1.99.